The fraction of sp³-hybridized carbons (Fsp3) is 0.261. The predicted octanol–water partition coefficient (Wildman–Crippen LogP) is 5.95. The number of aryl methyl sites for hydroxylation is 2. The molecule has 154 valence electrons. The number of halogens is 1. The lowest BCUT2D eigenvalue weighted by Gasteiger charge is -2.15. The van der Waals surface area contributed by atoms with Gasteiger partial charge in [0.25, 0.3) is 5.56 Å². The van der Waals surface area contributed by atoms with Crippen LogP contribution in [0.25, 0.3) is 20.7 Å². The van der Waals surface area contributed by atoms with Gasteiger partial charge in [-0.05, 0) is 49.1 Å². The normalized spacial score (nSPS) is 11.5. The molecule has 0 spiro atoms. The number of thiophene rings is 2. The molecule has 0 saturated carbocycles. The van der Waals surface area contributed by atoms with Gasteiger partial charge in [-0.2, -0.15) is 0 Å². The van der Waals surface area contributed by atoms with Crippen LogP contribution < -0.4 is 5.56 Å². The summed E-state index contributed by atoms with van der Waals surface area (Å²) in [4.78, 5) is 34.1. The molecule has 3 heterocycles. The van der Waals surface area contributed by atoms with Crippen LogP contribution in [0.2, 0.25) is 0 Å². The fourth-order valence-electron chi connectivity index (χ4n) is 3.57. The highest BCUT2D eigenvalue weighted by Crippen LogP contribution is 2.38. The minimum absolute atomic E-state index is 0.0301. The zero-order valence-electron chi connectivity index (χ0n) is 17.2. The highest BCUT2D eigenvalue weighted by Gasteiger charge is 2.23. The Morgan fingerprint density at radius 2 is 2.00 bits per heavy atom. The Hall–Kier alpha value is -2.64. The average Bonchev–Trinajstić information content (AvgIpc) is 3.32. The maximum atomic E-state index is 13.6. The number of nitrogens with zero attached hydrogens (tertiary/aromatic N) is 2. The second-order valence-corrected chi connectivity index (χ2v) is 9.74. The summed E-state index contributed by atoms with van der Waals surface area (Å²) in [6.45, 7) is 7.40. The Balaban J connectivity index is 1.89. The highest BCUT2D eigenvalue weighted by atomic mass is 32.1. The lowest BCUT2D eigenvalue weighted by atomic mass is 10.1. The van der Waals surface area contributed by atoms with Crippen LogP contribution in [0.15, 0.2) is 40.5 Å². The van der Waals surface area contributed by atoms with Crippen molar-refractivity contribution in [3.8, 4) is 10.4 Å². The number of carbonyl (C=O) groups excluding carboxylic acids is 1. The molecule has 0 unspecified atom stereocenters. The van der Waals surface area contributed by atoms with Crippen molar-refractivity contribution in [3.05, 3.63) is 73.7 Å². The van der Waals surface area contributed by atoms with E-state index in [1.54, 1.807) is 18.3 Å². The Morgan fingerprint density at radius 3 is 2.63 bits per heavy atom. The van der Waals surface area contributed by atoms with E-state index < -0.39 is 0 Å². The number of Topliss-reactive ketones (excluding diaryl/α,β-unsaturated/α-hetero) is 1. The van der Waals surface area contributed by atoms with Crippen LogP contribution in [0.4, 0.5) is 4.39 Å². The summed E-state index contributed by atoms with van der Waals surface area (Å²) in [5.74, 6) is -0.0482. The van der Waals surface area contributed by atoms with Crippen LogP contribution in [-0.2, 0) is 6.54 Å². The van der Waals surface area contributed by atoms with Crippen molar-refractivity contribution in [2.24, 2.45) is 0 Å². The fourth-order valence-corrected chi connectivity index (χ4v) is 5.51. The zero-order chi connectivity index (χ0) is 21.6. The molecule has 1 aromatic carbocycles. The lowest BCUT2D eigenvalue weighted by molar-refractivity contribution is 0.0969. The Labute approximate surface area is 181 Å². The number of ketones is 1. The number of aromatic nitrogens is 2. The summed E-state index contributed by atoms with van der Waals surface area (Å²) in [6, 6.07) is 8.22. The van der Waals surface area contributed by atoms with Crippen molar-refractivity contribution in [2.45, 2.75) is 40.2 Å². The van der Waals surface area contributed by atoms with Crippen LogP contribution in [0.3, 0.4) is 0 Å². The van der Waals surface area contributed by atoms with Crippen molar-refractivity contribution < 1.29 is 9.18 Å². The van der Waals surface area contributed by atoms with Crippen LogP contribution in [0.5, 0.6) is 0 Å². The van der Waals surface area contributed by atoms with Gasteiger partial charge in [-0.15, -0.1) is 22.7 Å². The largest absolute Gasteiger partial charge is 0.292 e. The van der Waals surface area contributed by atoms with E-state index in [-0.39, 0.29) is 29.6 Å². The first-order valence-electron chi connectivity index (χ1n) is 9.65. The van der Waals surface area contributed by atoms with Crippen LogP contribution in [0, 0.1) is 19.7 Å². The van der Waals surface area contributed by atoms with Crippen LogP contribution in [0.1, 0.15) is 46.4 Å². The van der Waals surface area contributed by atoms with E-state index in [1.165, 1.54) is 34.1 Å². The van der Waals surface area contributed by atoms with Crippen molar-refractivity contribution in [2.75, 3.05) is 0 Å². The van der Waals surface area contributed by atoms with Crippen LogP contribution >= 0.6 is 22.7 Å². The van der Waals surface area contributed by atoms with E-state index >= 15 is 0 Å². The van der Waals surface area contributed by atoms with Gasteiger partial charge >= 0.3 is 0 Å². The Bertz CT molecular complexity index is 1320. The monoisotopic (exact) mass is 440 g/mol. The SMILES string of the molecule is Cc1cc(C(=O)Cn2c(C(C)C)nc3sc(C)c(-c4cccs4)c3c2=O)ccc1F. The molecule has 0 atom stereocenters. The summed E-state index contributed by atoms with van der Waals surface area (Å²) >= 11 is 3.08. The molecule has 0 N–H and O–H groups in total. The van der Waals surface area contributed by atoms with E-state index in [0.29, 0.717) is 27.2 Å². The summed E-state index contributed by atoms with van der Waals surface area (Å²) in [6.07, 6.45) is 0. The third-order valence-corrected chi connectivity index (χ3v) is 6.97. The Kier molecular flexibility index (Phi) is 5.42. The maximum absolute atomic E-state index is 13.6. The number of hydrogen-bond acceptors (Lipinski definition) is 5. The third-order valence-electron chi connectivity index (χ3n) is 5.08. The quantitative estimate of drug-likeness (QED) is 0.360. The van der Waals surface area contributed by atoms with Gasteiger partial charge in [-0.25, -0.2) is 9.37 Å². The zero-order valence-corrected chi connectivity index (χ0v) is 18.8. The van der Waals surface area contributed by atoms with Gasteiger partial charge in [0.15, 0.2) is 5.78 Å². The molecule has 4 nitrogen and oxygen atoms in total. The molecular formula is C23H21FN2O2S2. The molecule has 0 radical (unpaired) electrons. The molecule has 0 amide bonds. The van der Waals surface area contributed by atoms with Crippen molar-refractivity contribution in [1.82, 2.24) is 9.55 Å². The molecule has 4 aromatic rings. The molecule has 0 bridgehead atoms. The molecule has 4 rings (SSSR count). The van der Waals surface area contributed by atoms with Gasteiger partial charge in [-0.3, -0.25) is 14.2 Å². The smallest absolute Gasteiger partial charge is 0.263 e. The summed E-state index contributed by atoms with van der Waals surface area (Å²) in [7, 11) is 0. The maximum Gasteiger partial charge on any atom is 0.263 e. The lowest BCUT2D eigenvalue weighted by Crippen LogP contribution is -2.29. The summed E-state index contributed by atoms with van der Waals surface area (Å²) in [5, 5.41) is 2.54. The summed E-state index contributed by atoms with van der Waals surface area (Å²) < 4.78 is 15.1. The van der Waals surface area contributed by atoms with E-state index in [9.17, 15) is 14.0 Å². The number of carbonyl (C=O) groups is 1. The van der Waals surface area contributed by atoms with Gasteiger partial charge in [-0.1, -0.05) is 19.9 Å². The number of rotatable bonds is 5. The number of benzene rings is 1. The third kappa shape index (κ3) is 3.52. The first-order valence-corrected chi connectivity index (χ1v) is 11.3. The molecule has 0 aliphatic carbocycles. The van der Waals surface area contributed by atoms with Gasteiger partial charge < -0.3 is 0 Å². The molecule has 0 fully saturated rings. The van der Waals surface area contributed by atoms with E-state index in [0.717, 1.165) is 15.3 Å². The van der Waals surface area contributed by atoms with E-state index in [1.807, 2.05) is 38.3 Å². The highest BCUT2D eigenvalue weighted by molar-refractivity contribution is 7.20. The molecule has 3 aromatic heterocycles. The van der Waals surface area contributed by atoms with Gasteiger partial charge in [0.05, 0.1) is 11.9 Å². The Morgan fingerprint density at radius 1 is 1.23 bits per heavy atom. The van der Waals surface area contributed by atoms with Crippen LogP contribution in [-0.4, -0.2) is 15.3 Å². The van der Waals surface area contributed by atoms with Gasteiger partial charge in [0, 0.05) is 26.8 Å². The molecule has 0 aliphatic heterocycles. The van der Waals surface area contributed by atoms with Gasteiger partial charge in [0.1, 0.15) is 16.5 Å². The number of hydrogen-bond donors (Lipinski definition) is 0. The second-order valence-electron chi connectivity index (χ2n) is 7.59. The average molecular weight is 441 g/mol. The van der Waals surface area contributed by atoms with Crippen molar-refractivity contribution in [3.63, 3.8) is 0 Å². The number of fused-ring (bicyclic) bond motifs is 1. The standard InChI is InChI=1S/C23H21FN2O2S2/c1-12(2)21-25-22-20(19(14(4)30-22)18-6-5-9-29-18)23(28)26(21)11-17(27)15-7-8-16(24)13(3)10-15/h5-10,12H,11H2,1-4H3. The minimum atomic E-state index is -0.357. The van der Waals surface area contributed by atoms with Crippen molar-refractivity contribution in [1.29, 1.82) is 0 Å². The van der Waals surface area contributed by atoms with E-state index in [2.05, 4.69) is 0 Å². The topological polar surface area (TPSA) is 52.0 Å². The molecule has 30 heavy (non-hydrogen) atoms. The van der Waals surface area contributed by atoms with Crippen molar-refractivity contribution >= 4 is 38.7 Å². The summed E-state index contributed by atoms with van der Waals surface area (Å²) in [5.41, 5.74) is 1.48. The van der Waals surface area contributed by atoms with E-state index in [4.69, 9.17) is 4.98 Å². The predicted molar refractivity (Wildman–Crippen MR) is 121 cm³/mol. The second kappa shape index (κ2) is 7.89. The molecular weight excluding hydrogens is 419 g/mol. The van der Waals surface area contributed by atoms with Gasteiger partial charge in [0.2, 0.25) is 0 Å². The first-order chi connectivity index (χ1) is 14.3. The molecule has 7 heteroatoms. The minimum Gasteiger partial charge on any atom is -0.292 e. The molecule has 0 aliphatic rings. The first kappa shape index (κ1) is 20.6. The molecule has 0 saturated heterocycles.